The third kappa shape index (κ3) is 3.57. The van der Waals surface area contributed by atoms with E-state index in [-0.39, 0.29) is 5.91 Å². The number of nitriles is 1. The zero-order valence-corrected chi connectivity index (χ0v) is 14.5. The first-order chi connectivity index (χ1) is 12.0. The van der Waals surface area contributed by atoms with Crippen LogP contribution in [-0.4, -0.2) is 12.5 Å². The standard InChI is InChI=1S/C20H16ClFN2O/c1-12-15(9-14-3-2-6-24-20(14)25)7-13(11-23)8-18(12)17-5-4-16(21)10-19(17)22/h4-5,7-10H,2-3,6H2,1H3,(H,24,25)/b14-9+. The summed E-state index contributed by atoms with van der Waals surface area (Å²) in [7, 11) is 0. The first-order valence-corrected chi connectivity index (χ1v) is 8.36. The van der Waals surface area contributed by atoms with Crippen LogP contribution in [0.25, 0.3) is 17.2 Å². The van der Waals surface area contributed by atoms with E-state index in [4.69, 9.17) is 11.6 Å². The molecule has 0 aromatic heterocycles. The van der Waals surface area contributed by atoms with Crippen LogP contribution in [0.2, 0.25) is 5.02 Å². The zero-order valence-electron chi connectivity index (χ0n) is 13.7. The fourth-order valence-electron chi connectivity index (χ4n) is 2.97. The van der Waals surface area contributed by atoms with Crippen LogP contribution in [0.1, 0.15) is 29.5 Å². The van der Waals surface area contributed by atoms with Gasteiger partial charge in [0.25, 0.3) is 0 Å². The lowest BCUT2D eigenvalue weighted by Crippen LogP contribution is -2.30. The summed E-state index contributed by atoms with van der Waals surface area (Å²) in [4.78, 5) is 12.0. The Kier molecular flexibility index (Phi) is 4.87. The minimum atomic E-state index is -0.445. The number of halogens is 2. The van der Waals surface area contributed by atoms with E-state index in [1.165, 1.54) is 6.07 Å². The Labute approximate surface area is 150 Å². The molecule has 3 rings (SSSR count). The van der Waals surface area contributed by atoms with Crippen molar-refractivity contribution in [2.75, 3.05) is 6.54 Å². The first-order valence-electron chi connectivity index (χ1n) is 7.98. The molecule has 1 fully saturated rings. The largest absolute Gasteiger partial charge is 0.352 e. The quantitative estimate of drug-likeness (QED) is 0.800. The monoisotopic (exact) mass is 354 g/mol. The van der Waals surface area contributed by atoms with Crippen molar-refractivity contribution in [1.82, 2.24) is 5.32 Å². The van der Waals surface area contributed by atoms with E-state index in [0.717, 1.165) is 17.5 Å². The van der Waals surface area contributed by atoms with Gasteiger partial charge in [0.05, 0.1) is 11.6 Å². The van der Waals surface area contributed by atoms with Crippen molar-refractivity contribution in [2.45, 2.75) is 19.8 Å². The summed E-state index contributed by atoms with van der Waals surface area (Å²) in [5, 5.41) is 12.5. The number of nitrogens with one attached hydrogen (secondary N) is 1. The van der Waals surface area contributed by atoms with E-state index in [1.54, 1.807) is 30.3 Å². The van der Waals surface area contributed by atoms with Gasteiger partial charge in [-0.15, -0.1) is 0 Å². The van der Waals surface area contributed by atoms with E-state index in [0.29, 0.717) is 40.3 Å². The first kappa shape index (κ1) is 17.2. The summed E-state index contributed by atoms with van der Waals surface area (Å²) in [6.07, 6.45) is 3.36. The number of nitrogens with zero attached hydrogens (tertiary/aromatic N) is 1. The molecule has 5 heteroatoms. The molecule has 0 radical (unpaired) electrons. The topological polar surface area (TPSA) is 52.9 Å². The fraction of sp³-hybridized carbons (Fsp3) is 0.200. The minimum Gasteiger partial charge on any atom is -0.352 e. The van der Waals surface area contributed by atoms with Crippen molar-refractivity contribution in [3.63, 3.8) is 0 Å². The van der Waals surface area contributed by atoms with Crippen LogP contribution in [0.4, 0.5) is 4.39 Å². The Hall–Kier alpha value is -2.64. The van der Waals surface area contributed by atoms with Gasteiger partial charge in [0, 0.05) is 22.7 Å². The zero-order chi connectivity index (χ0) is 18.0. The molecular formula is C20H16ClFN2O. The van der Waals surface area contributed by atoms with Gasteiger partial charge in [-0.3, -0.25) is 4.79 Å². The second kappa shape index (κ2) is 7.08. The maximum atomic E-state index is 14.4. The summed E-state index contributed by atoms with van der Waals surface area (Å²) >= 11 is 5.83. The summed E-state index contributed by atoms with van der Waals surface area (Å²) in [6, 6.07) is 9.96. The third-order valence-electron chi connectivity index (χ3n) is 4.33. The summed E-state index contributed by atoms with van der Waals surface area (Å²) in [5.74, 6) is -0.535. The normalized spacial score (nSPS) is 15.8. The maximum Gasteiger partial charge on any atom is 0.247 e. The highest BCUT2D eigenvalue weighted by Gasteiger charge is 2.17. The van der Waals surface area contributed by atoms with Crippen LogP contribution in [-0.2, 0) is 4.79 Å². The molecule has 1 amide bonds. The Morgan fingerprint density at radius 3 is 2.76 bits per heavy atom. The Balaban J connectivity index is 2.16. The molecule has 1 N–H and O–H groups in total. The van der Waals surface area contributed by atoms with Crippen LogP contribution in [0.15, 0.2) is 35.9 Å². The van der Waals surface area contributed by atoms with Gasteiger partial charge in [-0.05, 0) is 72.9 Å². The van der Waals surface area contributed by atoms with Crippen molar-refractivity contribution < 1.29 is 9.18 Å². The van der Waals surface area contributed by atoms with E-state index in [9.17, 15) is 14.4 Å². The second-order valence-electron chi connectivity index (χ2n) is 6.00. The molecule has 1 heterocycles. The highest BCUT2D eigenvalue weighted by molar-refractivity contribution is 6.30. The molecule has 1 aliphatic heterocycles. The summed E-state index contributed by atoms with van der Waals surface area (Å²) < 4.78 is 14.4. The van der Waals surface area contributed by atoms with Gasteiger partial charge in [-0.2, -0.15) is 5.26 Å². The van der Waals surface area contributed by atoms with Gasteiger partial charge in [0.1, 0.15) is 5.82 Å². The van der Waals surface area contributed by atoms with E-state index in [1.807, 2.05) is 6.92 Å². The molecule has 0 saturated carbocycles. The smallest absolute Gasteiger partial charge is 0.247 e. The lowest BCUT2D eigenvalue weighted by molar-refractivity contribution is -0.118. The Bertz CT molecular complexity index is 928. The van der Waals surface area contributed by atoms with Crippen LogP contribution >= 0.6 is 11.6 Å². The Morgan fingerprint density at radius 1 is 1.28 bits per heavy atom. The average Bonchev–Trinajstić information content (AvgIpc) is 2.59. The lowest BCUT2D eigenvalue weighted by atomic mass is 9.91. The number of amides is 1. The molecule has 2 aromatic carbocycles. The summed E-state index contributed by atoms with van der Waals surface area (Å²) in [6.45, 7) is 2.53. The number of benzene rings is 2. The van der Waals surface area contributed by atoms with Gasteiger partial charge in [0.15, 0.2) is 0 Å². The predicted molar refractivity (Wildman–Crippen MR) is 96.5 cm³/mol. The summed E-state index contributed by atoms with van der Waals surface area (Å²) in [5.41, 5.74) is 3.65. The van der Waals surface area contributed by atoms with Crippen LogP contribution in [0, 0.1) is 24.1 Å². The van der Waals surface area contributed by atoms with E-state index >= 15 is 0 Å². The van der Waals surface area contributed by atoms with Crippen LogP contribution in [0.5, 0.6) is 0 Å². The number of carbonyl (C=O) groups is 1. The molecule has 1 saturated heterocycles. The second-order valence-corrected chi connectivity index (χ2v) is 6.44. The SMILES string of the molecule is Cc1c(/C=C2\CCCNC2=O)cc(C#N)cc1-c1ccc(Cl)cc1F. The van der Waals surface area contributed by atoms with Crippen LogP contribution < -0.4 is 5.32 Å². The van der Waals surface area contributed by atoms with Crippen molar-refractivity contribution >= 4 is 23.6 Å². The highest BCUT2D eigenvalue weighted by Crippen LogP contribution is 2.32. The Morgan fingerprint density at radius 2 is 2.08 bits per heavy atom. The number of piperidine rings is 1. The molecule has 0 bridgehead atoms. The van der Waals surface area contributed by atoms with Gasteiger partial charge in [0.2, 0.25) is 5.91 Å². The molecule has 0 aliphatic carbocycles. The molecule has 0 atom stereocenters. The molecule has 3 nitrogen and oxygen atoms in total. The molecule has 25 heavy (non-hydrogen) atoms. The van der Waals surface area contributed by atoms with Crippen molar-refractivity contribution in [1.29, 1.82) is 5.26 Å². The third-order valence-corrected chi connectivity index (χ3v) is 4.56. The number of carbonyl (C=O) groups excluding carboxylic acids is 1. The van der Waals surface area contributed by atoms with Crippen molar-refractivity contribution in [2.24, 2.45) is 0 Å². The molecule has 0 unspecified atom stereocenters. The molecule has 126 valence electrons. The minimum absolute atomic E-state index is 0.0905. The highest BCUT2D eigenvalue weighted by atomic mass is 35.5. The number of hydrogen-bond donors (Lipinski definition) is 1. The van der Waals surface area contributed by atoms with Gasteiger partial charge in [-0.1, -0.05) is 11.6 Å². The van der Waals surface area contributed by atoms with Crippen LogP contribution in [0.3, 0.4) is 0 Å². The van der Waals surface area contributed by atoms with E-state index < -0.39 is 5.82 Å². The molecule has 2 aromatic rings. The van der Waals surface area contributed by atoms with Gasteiger partial charge >= 0.3 is 0 Å². The maximum absolute atomic E-state index is 14.4. The molecular weight excluding hydrogens is 339 g/mol. The number of hydrogen-bond acceptors (Lipinski definition) is 2. The fourth-order valence-corrected chi connectivity index (χ4v) is 3.13. The van der Waals surface area contributed by atoms with Crippen molar-refractivity contribution in [3.05, 3.63) is 63.4 Å². The van der Waals surface area contributed by atoms with Gasteiger partial charge in [-0.25, -0.2) is 4.39 Å². The van der Waals surface area contributed by atoms with Gasteiger partial charge < -0.3 is 5.32 Å². The average molecular weight is 355 g/mol. The van der Waals surface area contributed by atoms with Crippen molar-refractivity contribution in [3.8, 4) is 17.2 Å². The predicted octanol–water partition coefficient (Wildman–Crippen LogP) is 4.62. The lowest BCUT2D eigenvalue weighted by Gasteiger charge is -2.16. The molecule has 0 spiro atoms. The number of rotatable bonds is 2. The van der Waals surface area contributed by atoms with E-state index in [2.05, 4.69) is 11.4 Å². The molecule has 1 aliphatic rings.